The number of aromatic nitrogens is 2. The van der Waals surface area contributed by atoms with Crippen molar-refractivity contribution in [1.82, 2.24) is 15.3 Å². The lowest BCUT2D eigenvalue weighted by molar-refractivity contribution is 0.0953. The van der Waals surface area contributed by atoms with E-state index in [9.17, 15) is 9.18 Å². The second-order valence-corrected chi connectivity index (χ2v) is 5.78. The van der Waals surface area contributed by atoms with Crippen molar-refractivity contribution < 1.29 is 13.9 Å². The molecule has 0 aliphatic heterocycles. The number of carbonyl (C=O) groups excluding carboxylic acids is 1. The third-order valence-corrected chi connectivity index (χ3v) is 3.85. The molecule has 0 unspecified atom stereocenters. The van der Waals surface area contributed by atoms with E-state index in [4.69, 9.17) is 4.74 Å². The van der Waals surface area contributed by atoms with Gasteiger partial charge in [-0.1, -0.05) is 18.2 Å². The Balaban J connectivity index is 1.52. The fourth-order valence-electron chi connectivity index (χ4n) is 2.41. The van der Waals surface area contributed by atoms with Crippen LogP contribution in [-0.4, -0.2) is 29.5 Å². The molecule has 0 saturated heterocycles. The molecule has 6 nitrogen and oxygen atoms in total. The summed E-state index contributed by atoms with van der Waals surface area (Å²) < 4.78 is 18.0. The van der Waals surface area contributed by atoms with Crippen molar-refractivity contribution in [2.24, 2.45) is 0 Å². The van der Waals surface area contributed by atoms with Crippen LogP contribution in [0.3, 0.4) is 0 Å². The Bertz CT molecular complexity index is 899. The van der Waals surface area contributed by atoms with Crippen LogP contribution in [0.1, 0.15) is 15.9 Å². The molecule has 0 spiro atoms. The predicted molar refractivity (Wildman–Crippen MR) is 101 cm³/mol. The highest BCUT2D eigenvalue weighted by Gasteiger charge is 2.07. The summed E-state index contributed by atoms with van der Waals surface area (Å²) in [6, 6.07) is 13.6. The lowest BCUT2D eigenvalue weighted by Gasteiger charge is -2.08. The van der Waals surface area contributed by atoms with Gasteiger partial charge in [0.05, 0.1) is 12.7 Å². The highest BCUT2D eigenvalue weighted by molar-refractivity contribution is 5.93. The molecule has 0 fully saturated rings. The summed E-state index contributed by atoms with van der Waals surface area (Å²) in [7, 11) is 1.60. The van der Waals surface area contributed by atoms with Crippen LogP contribution in [0.25, 0.3) is 0 Å². The number of carbonyl (C=O) groups is 1. The highest BCUT2D eigenvalue weighted by atomic mass is 19.1. The molecule has 0 saturated carbocycles. The normalized spacial score (nSPS) is 10.3. The van der Waals surface area contributed by atoms with E-state index in [0.717, 1.165) is 17.0 Å². The number of anilines is 2. The van der Waals surface area contributed by atoms with E-state index in [0.29, 0.717) is 24.5 Å². The van der Waals surface area contributed by atoms with E-state index in [1.54, 1.807) is 19.2 Å². The van der Waals surface area contributed by atoms with E-state index in [-0.39, 0.29) is 11.7 Å². The lowest BCUT2D eigenvalue weighted by atomic mass is 10.1. The fraction of sp³-hybridized carbons (Fsp3) is 0.150. The predicted octanol–water partition coefficient (Wildman–Crippen LogP) is 3.34. The van der Waals surface area contributed by atoms with Gasteiger partial charge in [0.15, 0.2) is 0 Å². The molecule has 138 valence electrons. The first-order chi connectivity index (χ1) is 13.1. The number of methoxy groups -OCH3 is 1. The Morgan fingerprint density at radius 1 is 1.11 bits per heavy atom. The fourth-order valence-corrected chi connectivity index (χ4v) is 2.41. The summed E-state index contributed by atoms with van der Waals surface area (Å²) >= 11 is 0. The number of amides is 1. The van der Waals surface area contributed by atoms with Crippen LogP contribution in [-0.2, 0) is 6.42 Å². The number of halogens is 1. The Hall–Kier alpha value is -3.48. The zero-order chi connectivity index (χ0) is 19.1. The zero-order valence-corrected chi connectivity index (χ0v) is 14.8. The molecule has 0 bridgehead atoms. The molecule has 1 aromatic heterocycles. The summed E-state index contributed by atoms with van der Waals surface area (Å²) in [5.41, 5.74) is 2.10. The molecule has 2 aromatic carbocycles. The van der Waals surface area contributed by atoms with E-state index in [1.807, 2.05) is 24.3 Å². The molecular formula is C20H19FN4O2. The summed E-state index contributed by atoms with van der Waals surface area (Å²) in [6.45, 7) is 0.439. The molecule has 0 aliphatic carbocycles. The molecule has 7 heteroatoms. The van der Waals surface area contributed by atoms with Gasteiger partial charge in [0.1, 0.15) is 11.6 Å². The molecule has 0 atom stereocenters. The van der Waals surface area contributed by atoms with Crippen LogP contribution in [0.15, 0.2) is 60.9 Å². The van der Waals surface area contributed by atoms with E-state index in [2.05, 4.69) is 20.6 Å². The molecule has 0 radical (unpaired) electrons. The molecule has 1 heterocycles. The monoisotopic (exact) mass is 366 g/mol. The van der Waals surface area contributed by atoms with Gasteiger partial charge in [-0.2, -0.15) is 0 Å². The summed E-state index contributed by atoms with van der Waals surface area (Å²) in [5.74, 6) is 0.566. The second kappa shape index (κ2) is 8.75. The van der Waals surface area contributed by atoms with Gasteiger partial charge in [0.25, 0.3) is 5.91 Å². The topological polar surface area (TPSA) is 76.1 Å². The Kier molecular flexibility index (Phi) is 5.94. The van der Waals surface area contributed by atoms with Crippen molar-refractivity contribution in [3.8, 4) is 5.75 Å². The summed E-state index contributed by atoms with van der Waals surface area (Å²) in [4.78, 5) is 20.5. The maximum Gasteiger partial charge on any atom is 0.254 e. The first-order valence-electron chi connectivity index (χ1n) is 8.40. The van der Waals surface area contributed by atoms with Gasteiger partial charge in [-0.05, 0) is 36.2 Å². The van der Waals surface area contributed by atoms with Crippen molar-refractivity contribution in [3.05, 3.63) is 77.9 Å². The van der Waals surface area contributed by atoms with Gasteiger partial charge in [-0.25, -0.2) is 14.4 Å². The number of nitrogens with one attached hydrogen (secondary N) is 2. The van der Waals surface area contributed by atoms with Gasteiger partial charge < -0.3 is 15.4 Å². The smallest absolute Gasteiger partial charge is 0.254 e. The first-order valence-corrected chi connectivity index (χ1v) is 8.40. The standard InChI is InChI=1S/C20H19FN4O2/c1-27-18-4-2-3-17(11-18)25-20-23-12-15(13-24-20)19(26)22-10-9-14-5-7-16(21)8-6-14/h2-8,11-13H,9-10H2,1H3,(H,22,26)(H,23,24,25). The van der Waals surface area contributed by atoms with Gasteiger partial charge in [-0.15, -0.1) is 0 Å². The molecule has 27 heavy (non-hydrogen) atoms. The van der Waals surface area contributed by atoms with Crippen LogP contribution >= 0.6 is 0 Å². The number of benzene rings is 2. The third kappa shape index (κ3) is 5.24. The van der Waals surface area contributed by atoms with Crippen molar-refractivity contribution in [2.45, 2.75) is 6.42 Å². The number of nitrogens with zero attached hydrogens (tertiary/aromatic N) is 2. The minimum absolute atomic E-state index is 0.259. The second-order valence-electron chi connectivity index (χ2n) is 5.78. The number of rotatable bonds is 7. The Labute approximate surface area is 156 Å². The first kappa shape index (κ1) is 18.3. The lowest BCUT2D eigenvalue weighted by Crippen LogP contribution is -2.26. The van der Waals surface area contributed by atoms with Crippen LogP contribution in [0.5, 0.6) is 5.75 Å². The average Bonchev–Trinajstić information content (AvgIpc) is 2.70. The molecule has 2 N–H and O–H groups in total. The van der Waals surface area contributed by atoms with Gasteiger partial charge in [0, 0.05) is 30.7 Å². The Morgan fingerprint density at radius 2 is 1.85 bits per heavy atom. The summed E-state index contributed by atoms with van der Waals surface area (Å²) in [6.07, 6.45) is 3.54. The van der Waals surface area contributed by atoms with Crippen LogP contribution < -0.4 is 15.4 Å². The quantitative estimate of drug-likeness (QED) is 0.671. The summed E-state index contributed by atoms with van der Waals surface area (Å²) in [5, 5.41) is 5.85. The van der Waals surface area contributed by atoms with Gasteiger partial charge in [-0.3, -0.25) is 4.79 Å². The molecule has 3 rings (SSSR count). The SMILES string of the molecule is COc1cccc(Nc2ncc(C(=O)NCCc3ccc(F)cc3)cn2)c1. The van der Waals surface area contributed by atoms with E-state index in [1.165, 1.54) is 24.5 Å². The maximum atomic E-state index is 12.9. The third-order valence-electron chi connectivity index (χ3n) is 3.85. The van der Waals surface area contributed by atoms with E-state index < -0.39 is 0 Å². The highest BCUT2D eigenvalue weighted by Crippen LogP contribution is 2.19. The van der Waals surface area contributed by atoms with Crippen molar-refractivity contribution in [1.29, 1.82) is 0 Å². The maximum absolute atomic E-state index is 12.9. The number of hydrogen-bond acceptors (Lipinski definition) is 5. The molecule has 3 aromatic rings. The van der Waals surface area contributed by atoms with Crippen molar-refractivity contribution in [2.75, 3.05) is 19.0 Å². The Morgan fingerprint density at radius 3 is 2.56 bits per heavy atom. The number of ether oxygens (including phenoxy) is 1. The van der Waals surface area contributed by atoms with E-state index >= 15 is 0 Å². The van der Waals surface area contributed by atoms with Crippen molar-refractivity contribution in [3.63, 3.8) is 0 Å². The molecule has 0 aliphatic rings. The average molecular weight is 366 g/mol. The largest absolute Gasteiger partial charge is 0.497 e. The van der Waals surface area contributed by atoms with Gasteiger partial charge >= 0.3 is 0 Å². The van der Waals surface area contributed by atoms with Crippen LogP contribution in [0.4, 0.5) is 16.0 Å². The zero-order valence-electron chi connectivity index (χ0n) is 14.8. The van der Waals surface area contributed by atoms with Crippen LogP contribution in [0, 0.1) is 5.82 Å². The van der Waals surface area contributed by atoms with Gasteiger partial charge in [0.2, 0.25) is 5.95 Å². The molecule has 1 amide bonds. The van der Waals surface area contributed by atoms with Crippen molar-refractivity contribution >= 4 is 17.5 Å². The molecular weight excluding hydrogens is 347 g/mol. The minimum Gasteiger partial charge on any atom is -0.497 e. The number of hydrogen-bond donors (Lipinski definition) is 2. The van der Waals surface area contributed by atoms with Crippen LogP contribution in [0.2, 0.25) is 0 Å². The minimum atomic E-state index is -0.275.